The molecule has 1 heterocycles. The lowest BCUT2D eigenvalue weighted by Crippen LogP contribution is -2.17. The van der Waals surface area contributed by atoms with Crippen molar-refractivity contribution < 1.29 is 5.11 Å². The zero-order chi connectivity index (χ0) is 9.42. The van der Waals surface area contributed by atoms with Gasteiger partial charge in [0.15, 0.2) is 0 Å². The Labute approximate surface area is 87.1 Å². The molecule has 2 rings (SSSR count). The fraction of sp³-hybridized carbons (Fsp3) is 0.400. The van der Waals surface area contributed by atoms with Gasteiger partial charge in [0.05, 0.1) is 6.10 Å². The molecule has 2 unspecified atom stereocenters. The second-order valence-corrected chi connectivity index (χ2v) is 5.07. The highest BCUT2D eigenvalue weighted by molar-refractivity contribution is 8.00. The van der Waals surface area contributed by atoms with Crippen molar-refractivity contribution in [3.63, 3.8) is 0 Å². The maximum Gasteiger partial charge on any atom is 0.0637 e. The molecule has 1 nitrogen and oxygen atoms in total. The Kier molecular flexibility index (Phi) is 2.54. The van der Waals surface area contributed by atoms with Crippen molar-refractivity contribution in [2.75, 3.05) is 0 Å². The van der Waals surface area contributed by atoms with E-state index < -0.39 is 0 Å². The Hall–Kier alpha value is -0.180. The summed E-state index contributed by atoms with van der Waals surface area (Å²) in [6.45, 7) is 1.84. The van der Waals surface area contributed by atoms with Gasteiger partial charge >= 0.3 is 0 Å². The molecule has 3 heteroatoms. The molecule has 2 atom stereocenters. The molecular formula is C10H11ClOS. The van der Waals surface area contributed by atoms with Gasteiger partial charge < -0.3 is 5.11 Å². The molecule has 0 saturated heterocycles. The summed E-state index contributed by atoms with van der Waals surface area (Å²) in [5.74, 6) is 0. The van der Waals surface area contributed by atoms with E-state index in [4.69, 9.17) is 11.6 Å². The minimum absolute atomic E-state index is 0.254. The van der Waals surface area contributed by atoms with E-state index in [2.05, 4.69) is 0 Å². The molecule has 0 spiro atoms. The van der Waals surface area contributed by atoms with E-state index in [0.717, 1.165) is 11.4 Å². The predicted molar refractivity (Wildman–Crippen MR) is 56.5 cm³/mol. The molecule has 1 aliphatic heterocycles. The first-order chi connectivity index (χ1) is 6.16. The van der Waals surface area contributed by atoms with Gasteiger partial charge in [-0.05, 0) is 37.1 Å². The predicted octanol–water partition coefficient (Wildman–Crippen LogP) is 2.74. The molecule has 70 valence electrons. The summed E-state index contributed by atoms with van der Waals surface area (Å²) < 4.78 is 0. The van der Waals surface area contributed by atoms with Crippen LogP contribution in [0, 0.1) is 0 Å². The number of aliphatic hydroxyl groups is 1. The summed E-state index contributed by atoms with van der Waals surface area (Å²) in [7, 11) is 0. The Bertz CT molecular complexity index is 325. The van der Waals surface area contributed by atoms with Crippen LogP contribution in [-0.4, -0.2) is 16.5 Å². The van der Waals surface area contributed by atoms with E-state index in [9.17, 15) is 5.11 Å². The van der Waals surface area contributed by atoms with E-state index in [1.165, 1.54) is 10.5 Å². The van der Waals surface area contributed by atoms with Crippen LogP contribution in [0.1, 0.15) is 12.5 Å². The van der Waals surface area contributed by atoms with E-state index in [-0.39, 0.29) is 6.10 Å². The van der Waals surface area contributed by atoms with Crippen molar-refractivity contribution in [2.45, 2.75) is 29.6 Å². The van der Waals surface area contributed by atoms with Crippen molar-refractivity contribution in [1.29, 1.82) is 0 Å². The van der Waals surface area contributed by atoms with Gasteiger partial charge in [-0.15, -0.1) is 11.8 Å². The molecule has 13 heavy (non-hydrogen) atoms. The lowest BCUT2D eigenvalue weighted by molar-refractivity contribution is 0.192. The lowest BCUT2D eigenvalue weighted by atomic mass is 10.1. The highest BCUT2D eigenvalue weighted by Crippen LogP contribution is 2.39. The quantitative estimate of drug-likeness (QED) is 0.776. The van der Waals surface area contributed by atoms with Gasteiger partial charge in [-0.1, -0.05) is 11.6 Å². The van der Waals surface area contributed by atoms with Gasteiger partial charge in [-0.3, -0.25) is 0 Å². The highest BCUT2D eigenvalue weighted by Gasteiger charge is 2.25. The number of hydrogen-bond donors (Lipinski definition) is 1. The standard InChI is InChI=1S/C10H11ClOS/c1-6(12)10-5-7-4-8(11)2-3-9(7)13-10/h2-4,6,10,12H,5H2,1H3. The van der Waals surface area contributed by atoms with Gasteiger partial charge in [0.2, 0.25) is 0 Å². The van der Waals surface area contributed by atoms with Crippen molar-refractivity contribution in [2.24, 2.45) is 0 Å². The monoisotopic (exact) mass is 214 g/mol. The third-order valence-electron chi connectivity index (χ3n) is 2.26. The number of thioether (sulfide) groups is 1. The Morgan fingerprint density at radius 2 is 2.38 bits per heavy atom. The van der Waals surface area contributed by atoms with Gasteiger partial charge in [0, 0.05) is 15.2 Å². The first-order valence-corrected chi connectivity index (χ1v) is 5.56. The summed E-state index contributed by atoms with van der Waals surface area (Å²) in [6.07, 6.45) is 0.675. The smallest absolute Gasteiger partial charge is 0.0637 e. The number of aliphatic hydroxyl groups excluding tert-OH is 1. The molecule has 0 saturated carbocycles. The first kappa shape index (κ1) is 9.38. The molecule has 0 aromatic heterocycles. The number of fused-ring (bicyclic) bond motifs is 1. The lowest BCUT2D eigenvalue weighted by Gasteiger charge is -2.10. The summed E-state index contributed by atoms with van der Waals surface area (Å²) in [5, 5.41) is 10.5. The second kappa shape index (κ2) is 3.52. The summed E-state index contributed by atoms with van der Waals surface area (Å²) in [5.41, 5.74) is 1.27. The van der Waals surface area contributed by atoms with Crippen LogP contribution in [0.5, 0.6) is 0 Å². The van der Waals surface area contributed by atoms with Gasteiger partial charge in [-0.25, -0.2) is 0 Å². The fourth-order valence-electron chi connectivity index (χ4n) is 1.51. The van der Waals surface area contributed by atoms with Gasteiger partial charge in [0.1, 0.15) is 0 Å². The average Bonchev–Trinajstić information content (AvgIpc) is 2.46. The molecule has 1 N–H and O–H groups in total. The second-order valence-electron chi connectivity index (χ2n) is 3.35. The van der Waals surface area contributed by atoms with Crippen molar-refractivity contribution in [3.8, 4) is 0 Å². The van der Waals surface area contributed by atoms with E-state index in [1.54, 1.807) is 11.8 Å². The third-order valence-corrected chi connectivity index (χ3v) is 4.01. The van der Waals surface area contributed by atoms with Crippen LogP contribution in [0.4, 0.5) is 0 Å². The number of benzene rings is 1. The Morgan fingerprint density at radius 1 is 1.62 bits per heavy atom. The molecule has 1 aromatic carbocycles. The van der Waals surface area contributed by atoms with Crippen molar-refractivity contribution in [3.05, 3.63) is 28.8 Å². The van der Waals surface area contributed by atoms with E-state index in [1.807, 2.05) is 25.1 Å². The number of halogens is 1. The summed E-state index contributed by atoms with van der Waals surface area (Å²) >= 11 is 7.62. The molecule has 0 aliphatic carbocycles. The van der Waals surface area contributed by atoms with Crippen LogP contribution in [0.2, 0.25) is 5.02 Å². The minimum atomic E-state index is -0.254. The molecule has 0 radical (unpaired) electrons. The van der Waals surface area contributed by atoms with E-state index >= 15 is 0 Å². The Morgan fingerprint density at radius 3 is 3.08 bits per heavy atom. The molecule has 1 aromatic rings. The van der Waals surface area contributed by atoms with Crippen LogP contribution in [0.3, 0.4) is 0 Å². The molecule has 0 fully saturated rings. The van der Waals surface area contributed by atoms with Crippen LogP contribution in [-0.2, 0) is 6.42 Å². The van der Waals surface area contributed by atoms with Crippen molar-refractivity contribution >= 4 is 23.4 Å². The van der Waals surface area contributed by atoms with Gasteiger partial charge in [0.25, 0.3) is 0 Å². The number of hydrogen-bond acceptors (Lipinski definition) is 2. The zero-order valence-corrected chi connectivity index (χ0v) is 8.90. The third kappa shape index (κ3) is 1.85. The minimum Gasteiger partial charge on any atom is -0.392 e. The SMILES string of the molecule is CC(O)C1Cc2cc(Cl)ccc2S1. The highest BCUT2D eigenvalue weighted by atomic mass is 35.5. The topological polar surface area (TPSA) is 20.2 Å². The first-order valence-electron chi connectivity index (χ1n) is 4.30. The zero-order valence-electron chi connectivity index (χ0n) is 7.33. The normalized spacial score (nSPS) is 22.8. The summed E-state index contributed by atoms with van der Waals surface area (Å²) in [6, 6.07) is 5.93. The summed E-state index contributed by atoms with van der Waals surface area (Å²) in [4.78, 5) is 1.26. The largest absolute Gasteiger partial charge is 0.392 e. The van der Waals surface area contributed by atoms with E-state index in [0.29, 0.717) is 5.25 Å². The Balaban J connectivity index is 2.25. The van der Waals surface area contributed by atoms with Gasteiger partial charge in [-0.2, -0.15) is 0 Å². The van der Waals surface area contributed by atoms with Crippen LogP contribution >= 0.6 is 23.4 Å². The molecule has 0 amide bonds. The van der Waals surface area contributed by atoms with Crippen LogP contribution in [0.15, 0.2) is 23.1 Å². The maximum atomic E-state index is 9.44. The fourth-order valence-corrected chi connectivity index (χ4v) is 2.93. The molecule has 1 aliphatic rings. The molecular weight excluding hydrogens is 204 g/mol. The average molecular weight is 215 g/mol. The number of rotatable bonds is 1. The van der Waals surface area contributed by atoms with Crippen LogP contribution < -0.4 is 0 Å². The maximum absolute atomic E-state index is 9.44. The molecule has 0 bridgehead atoms. The van der Waals surface area contributed by atoms with Crippen molar-refractivity contribution in [1.82, 2.24) is 0 Å². The van der Waals surface area contributed by atoms with Crippen LogP contribution in [0.25, 0.3) is 0 Å².